The highest BCUT2D eigenvalue weighted by molar-refractivity contribution is 6.03. The standard InChI is InChI=1S/C12H20O3/c1-5-8-9-12(4,10(13)6-2)11(14)15-7-3/h5H,1,6-9H2,2-4H3. The molecular weight excluding hydrogens is 192 g/mol. The number of carbonyl (C=O) groups is 2. The van der Waals surface area contributed by atoms with Crippen molar-refractivity contribution >= 4 is 11.8 Å². The first kappa shape index (κ1) is 13.9. The number of hydrogen-bond acceptors (Lipinski definition) is 3. The molecule has 0 aromatic carbocycles. The fourth-order valence-corrected chi connectivity index (χ4v) is 1.43. The second kappa shape index (κ2) is 6.38. The number of hydrogen-bond donors (Lipinski definition) is 0. The van der Waals surface area contributed by atoms with E-state index < -0.39 is 11.4 Å². The molecule has 0 saturated heterocycles. The topological polar surface area (TPSA) is 43.4 Å². The second-order valence-electron chi connectivity index (χ2n) is 3.66. The summed E-state index contributed by atoms with van der Waals surface area (Å²) in [5, 5.41) is 0. The maximum atomic E-state index is 11.7. The monoisotopic (exact) mass is 212 g/mol. The van der Waals surface area contributed by atoms with Gasteiger partial charge in [-0.15, -0.1) is 6.58 Å². The maximum absolute atomic E-state index is 11.7. The van der Waals surface area contributed by atoms with E-state index in [-0.39, 0.29) is 5.78 Å². The van der Waals surface area contributed by atoms with Crippen molar-refractivity contribution < 1.29 is 14.3 Å². The Labute approximate surface area is 91.5 Å². The third-order valence-corrected chi connectivity index (χ3v) is 2.51. The number of rotatable bonds is 7. The van der Waals surface area contributed by atoms with Crippen molar-refractivity contribution in [3.63, 3.8) is 0 Å². The highest BCUT2D eigenvalue weighted by Gasteiger charge is 2.40. The molecule has 15 heavy (non-hydrogen) atoms. The van der Waals surface area contributed by atoms with Crippen LogP contribution < -0.4 is 0 Å². The Morgan fingerprint density at radius 2 is 2.00 bits per heavy atom. The molecule has 86 valence electrons. The Hall–Kier alpha value is -1.12. The number of esters is 1. The molecule has 0 N–H and O–H groups in total. The zero-order valence-electron chi connectivity index (χ0n) is 9.84. The van der Waals surface area contributed by atoms with E-state index in [1.807, 2.05) is 0 Å². The van der Waals surface area contributed by atoms with Crippen molar-refractivity contribution in [2.75, 3.05) is 6.61 Å². The molecule has 0 amide bonds. The molecule has 0 spiro atoms. The van der Waals surface area contributed by atoms with Gasteiger partial charge in [0, 0.05) is 6.42 Å². The summed E-state index contributed by atoms with van der Waals surface area (Å²) in [7, 11) is 0. The smallest absolute Gasteiger partial charge is 0.319 e. The number of ether oxygens (including phenoxy) is 1. The SMILES string of the molecule is C=CCCC(C)(C(=O)CC)C(=O)OCC. The lowest BCUT2D eigenvalue weighted by Crippen LogP contribution is -2.37. The molecule has 0 aromatic rings. The molecule has 3 heteroatoms. The molecule has 0 aliphatic rings. The fraction of sp³-hybridized carbons (Fsp3) is 0.667. The van der Waals surface area contributed by atoms with Crippen LogP contribution in [0.15, 0.2) is 12.7 Å². The first-order valence-corrected chi connectivity index (χ1v) is 5.34. The van der Waals surface area contributed by atoms with E-state index in [1.54, 1.807) is 26.8 Å². The van der Waals surface area contributed by atoms with Crippen LogP contribution in [0.5, 0.6) is 0 Å². The molecule has 0 fully saturated rings. The van der Waals surface area contributed by atoms with Gasteiger partial charge in [-0.3, -0.25) is 9.59 Å². The minimum atomic E-state index is -1.00. The van der Waals surface area contributed by atoms with E-state index in [9.17, 15) is 9.59 Å². The van der Waals surface area contributed by atoms with Crippen LogP contribution in [-0.2, 0) is 14.3 Å². The molecular formula is C12H20O3. The van der Waals surface area contributed by atoms with Crippen LogP contribution in [0.1, 0.15) is 40.0 Å². The largest absolute Gasteiger partial charge is 0.465 e. The van der Waals surface area contributed by atoms with E-state index in [2.05, 4.69) is 6.58 Å². The second-order valence-corrected chi connectivity index (χ2v) is 3.66. The molecule has 0 aliphatic carbocycles. The van der Waals surface area contributed by atoms with E-state index in [1.165, 1.54) is 0 Å². The number of carbonyl (C=O) groups excluding carboxylic acids is 2. The zero-order chi connectivity index (χ0) is 11.9. The Balaban J connectivity index is 4.74. The van der Waals surface area contributed by atoms with Gasteiger partial charge in [0.15, 0.2) is 0 Å². The van der Waals surface area contributed by atoms with Crippen LogP contribution in [0.3, 0.4) is 0 Å². The van der Waals surface area contributed by atoms with Crippen LogP contribution in [0.2, 0.25) is 0 Å². The number of allylic oxidation sites excluding steroid dienone is 1. The van der Waals surface area contributed by atoms with E-state index in [0.717, 1.165) is 0 Å². The molecule has 0 radical (unpaired) electrons. The summed E-state index contributed by atoms with van der Waals surface area (Å²) in [5.74, 6) is -0.485. The summed E-state index contributed by atoms with van der Waals surface area (Å²) >= 11 is 0. The molecule has 0 saturated carbocycles. The Kier molecular flexibility index (Phi) is 5.90. The van der Waals surface area contributed by atoms with Gasteiger partial charge in [-0.2, -0.15) is 0 Å². The lowest BCUT2D eigenvalue weighted by atomic mass is 9.80. The summed E-state index contributed by atoms with van der Waals surface area (Å²) < 4.78 is 4.93. The minimum Gasteiger partial charge on any atom is -0.465 e. The Morgan fingerprint density at radius 1 is 1.40 bits per heavy atom. The van der Waals surface area contributed by atoms with Gasteiger partial charge in [-0.05, 0) is 26.7 Å². The van der Waals surface area contributed by atoms with Crippen molar-refractivity contribution in [3.05, 3.63) is 12.7 Å². The summed E-state index contributed by atoms with van der Waals surface area (Å²) in [6, 6.07) is 0. The highest BCUT2D eigenvalue weighted by atomic mass is 16.5. The van der Waals surface area contributed by atoms with Gasteiger partial charge in [-0.25, -0.2) is 0 Å². The van der Waals surface area contributed by atoms with Crippen LogP contribution in [0, 0.1) is 5.41 Å². The van der Waals surface area contributed by atoms with Crippen LogP contribution >= 0.6 is 0 Å². The quantitative estimate of drug-likeness (QED) is 0.370. The normalized spacial score (nSPS) is 14.1. The van der Waals surface area contributed by atoms with Crippen molar-refractivity contribution in [2.24, 2.45) is 5.41 Å². The molecule has 1 unspecified atom stereocenters. The van der Waals surface area contributed by atoms with Gasteiger partial charge in [0.25, 0.3) is 0 Å². The van der Waals surface area contributed by atoms with Gasteiger partial charge < -0.3 is 4.74 Å². The zero-order valence-corrected chi connectivity index (χ0v) is 9.84. The van der Waals surface area contributed by atoms with Crippen LogP contribution in [0.25, 0.3) is 0 Å². The highest BCUT2D eigenvalue weighted by Crippen LogP contribution is 2.28. The first-order chi connectivity index (χ1) is 7.02. The lowest BCUT2D eigenvalue weighted by Gasteiger charge is -2.24. The number of Topliss-reactive ketones (excluding diaryl/α,β-unsaturated/α-hetero) is 1. The molecule has 1 atom stereocenters. The van der Waals surface area contributed by atoms with Crippen molar-refractivity contribution in [2.45, 2.75) is 40.0 Å². The molecule has 0 aromatic heterocycles. The Bertz CT molecular complexity index is 245. The van der Waals surface area contributed by atoms with Crippen molar-refractivity contribution in [1.82, 2.24) is 0 Å². The van der Waals surface area contributed by atoms with Gasteiger partial charge in [0.05, 0.1) is 6.61 Å². The first-order valence-electron chi connectivity index (χ1n) is 5.34. The summed E-state index contributed by atoms with van der Waals surface area (Å²) in [4.78, 5) is 23.4. The van der Waals surface area contributed by atoms with Gasteiger partial charge in [0.2, 0.25) is 0 Å². The Morgan fingerprint density at radius 3 is 2.40 bits per heavy atom. The fourth-order valence-electron chi connectivity index (χ4n) is 1.43. The predicted octanol–water partition coefficient (Wildman–Crippen LogP) is 2.50. The lowest BCUT2D eigenvalue weighted by molar-refractivity contribution is -0.159. The van der Waals surface area contributed by atoms with Crippen LogP contribution in [-0.4, -0.2) is 18.4 Å². The van der Waals surface area contributed by atoms with Gasteiger partial charge in [-0.1, -0.05) is 13.0 Å². The number of ketones is 1. The maximum Gasteiger partial charge on any atom is 0.319 e. The third kappa shape index (κ3) is 3.50. The average molecular weight is 212 g/mol. The van der Waals surface area contributed by atoms with E-state index >= 15 is 0 Å². The summed E-state index contributed by atoms with van der Waals surface area (Å²) in [5.41, 5.74) is -1.00. The van der Waals surface area contributed by atoms with E-state index in [0.29, 0.717) is 25.9 Å². The molecule has 3 nitrogen and oxygen atoms in total. The van der Waals surface area contributed by atoms with Crippen molar-refractivity contribution in [3.8, 4) is 0 Å². The minimum absolute atomic E-state index is 0.0669. The summed E-state index contributed by atoms with van der Waals surface area (Å²) in [6.45, 7) is 9.04. The molecule has 0 rings (SSSR count). The van der Waals surface area contributed by atoms with E-state index in [4.69, 9.17) is 4.74 Å². The average Bonchev–Trinajstić information content (AvgIpc) is 2.24. The molecule has 0 bridgehead atoms. The van der Waals surface area contributed by atoms with Gasteiger partial charge in [0.1, 0.15) is 11.2 Å². The summed E-state index contributed by atoms with van der Waals surface area (Å²) in [6.07, 6.45) is 3.18. The predicted molar refractivity (Wildman–Crippen MR) is 59.5 cm³/mol. The molecule has 0 heterocycles. The van der Waals surface area contributed by atoms with Crippen molar-refractivity contribution in [1.29, 1.82) is 0 Å². The third-order valence-electron chi connectivity index (χ3n) is 2.51. The van der Waals surface area contributed by atoms with Crippen LogP contribution in [0.4, 0.5) is 0 Å². The molecule has 0 aliphatic heterocycles. The van der Waals surface area contributed by atoms with Gasteiger partial charge >= 0.3 is 5.97 Å².